The average molecular weight is 431 g/mol. The van der Waals surface area contributed by atoms with Gasteiger partial charge in [-0.3, -0.25) is 9.59 Å². The van der Waals surface area contributed by atoms with E-state index >= 15 is 0 Å². The predicted octanol–water partition coefficient (Wildman–Crippen LogP) is 4.35. The summed E-state index contributed by atoms with van der Waals surface area (Å²) in [6.07, 6.45) is 5.49. The fraction of sp³-hybridized carbons (Fsp3) is 0.522. The first kappa shape index (κ1) is 21.5. The number of ether oxygens (including phenoxy) is 1. The number of hydrogen-bond donors (Lipinski definition) is 2. The number of carbonyl (C=O) groups is 1. The number of nitrogens with one attached hydrogen (secondary N) is 2. The van der Waals surface area contributed by atoms with Crippen molar-refractivity contribution in [3.63, 3.8) is 0 Å². The minimum absolute atomic E-state index is 0.176. The molecule has 6 nitrogen and oxygen atoms in total. The third-order valence-electron chi connectivity index (χ3n) is 6.40. The molecule has 0 bridgehead atoms. The lowest BCUT2D eigenvalue weighted by Crippen LogP contribution is -2.38. The van der Waals surface area contributed by atoms with Crippen molar-refractivity contribution in [3.8, 4) is 5.75 Å². The molecule has 3 atom stereocenters. The summed E-state index contributed by atoms with van der Waals surface area (Å²) in [5, 5.41) is 2.79. The van der Waals surface area contributed by atoms with E-state index in [-0.39, 0.29) is 36.6 Å². The monoisotopic (exact) mass is 431 g/mol. The van der Waals surface area contributed by atoms with Crippen LogP contribution in [-0.4, -0.2) is 28.4 Å². The van der Waals surface area contributed by atoms with Gasteiger partial charge < -0.3 is 15.0 Å². The second kappa shape index (κ2) is 8.77. The maximum atomic E-state index is 14.6. The third kappa shape index (κ3) is 5.29. The van der Waals surface area contributed by atoms with Gasteiger partial charge in [0.15, 0.2) is 0 Å². The highest BCUT2D eigenvalue weighted by Gasteiger charge is 2.47. The Morgan fingerprint density at radius 1 is 1.29 bits per heavy atom. The van der Waals surface area contributed by atoms with E-state index < -0.39 is 17.8 Å². The zero-order valence-electron chi connectivity index (χ0n) is 17.4. The molecule has 2 fully saturated rings. The van der Waals surface area contributed by atoms with E-state index in [4.69, 9.17) is 4.74 Å². The van der Waals surface area contributed by atoms with Gasteiger partial charge >= 0.3 is 0 Å². The molecule has 2 aliphatic carbocycles. The lowest BCUT2D eigenvalue weighted by Gasteiger charge is -2.38. The Morgan fingerprint density at radius 3 is 2.74 bits per heavy atom. The molecule has 2 heterocycles. The van der Waals surface area contributed by atoms with Gasteiger partial charge in [0.25, 0.3) is 5.92 Å². The van der Waals surface area contributed by atoms with E-state index in [1.807, 2.05) is 0 Å². The molecule has 0 aromatic carbocycles. The molecule has 2 N–H and O–H groups in total. The topological polar surface area (TPSA) is 84.1 Å². The number of nitrogens with zero attached hydrogens (tertiary/aromatic N) is 1. The standard InChI is InChI=1S/C23H27F2N3O3/c1-14(22(30)28-20-6-5-18(12-26-20)31-13-15-2-3-15)16-8-9-23(24,25)19(10-16)17-4-7-21(29)27-11-17/h4-7,11-12,14-16,19H,2-3,8-10,13H2,1H3,(H,27,29)(H,26,28,30)/t14-,16?,19-/m1/s1. The molecule has 8 heteroatoms. The molecule has 0 spiro atoms. The first-order valence-corrected chi connectivity index (χ1v) is 10.8. The zero-order valence-corrected chi connectivity index (χ0v) is 17.4. The lowest BCUT2D eigenvalue weighted by atomic mass is 9.71. The maximum absolute atomic E-state index is 14.6. The van der Waals surface area contributed by atoms with Crippen LogP contribution in [0, 0.1) is 17.8 Å². The van der Waals surface area contributed by atoms with E-state index in [9.17, 15) is 18.4 Å². The predicted molar refractivity (Wildman–Crippen MR) is 112 cm³/mol. The van der Waals surface area contributed by atoms with Crippen LogP contribution in [0.15, 0.2) is 41.5 Å². The SMILES string of the molecule is C[C@@H](C(=O)Nc1ccc(OCC2CC2)cn1)C1CCC(F)(F)[C@@H](c2ccc(=O)[nH]c2)C1. The van der Waals surface area contributed by atoms with E-state index in [0.717, 1.165) is 0 Å². The van der Waals surface area contributed by atoms with Crippen molar-refractivity contribution in [2.45, 2.75) is 50.9 Å². The number of rotatable bonds is 7. The molecule has 0 saturated heterocycles. The van der Waals surface area contributed by atoms with Gasteiger partial charge in [0, 0.05) is 30.5 Å². The number of carbonyl (C=O) groups excluding carboxylic acids is 1. The van der Waals surface area contributed by atoms with Gasteiger partial charge in [-0.1, -0.05) is 13.0 Å². The molecule has 2 aromatic heterocycles. The highest BCUT2D eigenvalue weighted by atomic mass is 19.3. The highest BCUT2D eigenvalue weighted by molar-refractivity contribution is 5.91. The van der Waals surface area contributed by atoms with Crippen LogP contribution >= 0.6 is 0 Å². The van der Waals surface area contributed by atoms with E-state index in [2.05, 4.69) is 15.3 Å². The van der Waals surface area contributed by atoms with Crippen LogP contribution in [0.2, 0.25) is 0 Å². The van der Waals surface area contributed by atoms with Gasteiger partial charge in [0.05, 0.1) is 12.8 Å². The minimum Gasteiger partial charge on any atom is -0.492 e. The molecule has 0 radical (unpaired) electrons. The summed E-state index contributed by atoms with van der Waals surface area (Å²) in [5.41, 5.74) is 0.0639. The molecule has 4 rings (SSSR count). The van der Waals surface area contributed by atoms with E-state index in [1.165, 1.54) is 31.2 Å². The van der Waals surface area contributed by atoms with Gasteiger partial charge in [-0.15, -0.1) is 0 Å². The van der Waals surface area contributed by atoms with Crippen molar-refractivity contribution in [1.82, 2.24) is 9.97 Å². The Hall–Kier alpha value is -2.77. The summed E-state index contributed by atoms with van der Waals surface area (Å²) < 4.78 is 34.8. The first-order valence-electron chi connectivity index (χ1n) is 10.8. The molecule has 166 valence electrons. The van der Waals surface area contributed by atoms with Gasteiger partial charge in [-0.25, -0.2) is 13.8 Å². The number of pyridine rings is 2. The number of amides is 1. The van der Waals surface area contributed by atoms with Gasteiger partial charge in [-0.2, -0.15) is 0 Å². The average Bonchev–Trinajstić information content (AvgIpc) is 3.58. The van der Waals surface area contributed by atoms with Crippen LogP contribution in [0.5, 0.6) is 5.75 Å². The quantitative estimate of drug-likeness (QED) is 0.683. The summed E-state index contributed by atoms with van der Waals surface area (Å²) in [5.74, 6) is -3.07. The van der Waals surface area contributed by atoms with Crippen LogP contribution in [-0.2, 0) is 4.79 Å². The molecule has 1 unspecified atom stereocenters. The van der Waals surface area contributed by atoms with Crippen LogP contribution in [0.1, 0.15) is 50.5 Å². The number of aromatic nitrogens is 2. The Balaban J connectivity index is 1.37. The molecule has 2 aromatic rings. The van der Waals surface area contributed by atoms with Crippen LogP contribution in [0.4, 0.5) is 14.6 Å². The molecule has 1 amide bonds. The second-order valence-corrected chi connectivity index (χ2v) is 8.75. The number of aromatic amines is 1. The Morgan fingerprint density at radius 2 is 2.10 bits per heavy atom. The Labute approximate surface area is 179 Å². The molecule has 0 aliphatic heterocycles. The summed E-state index contributed by atoms with van der Waals surface area (Å²) >= 11 is 0. The van der Waals surface area contributed by atoms with Crippen molar-refractivity contribution in [1.29, 1.82) is 0 Å². The number of alkyl halides is 2. The summed E-state index contributed by atoms with van der Waals surface area (Å²) in [4.78, 5) is 30.7. The van der Waals surface area contributed by atoms with Gasteiger partial charge in [-0.05, 0) is 55.2 Å². The summed E-state index contributed by atoms with van der Waals surface area (Å²) in [7, 11) is 0. The number of H-pyrrole nitrogens is 1. The minimum atomic E-state index is -2.87. The Bertz CT molecular complexity index is 952. The number of halogens is 2. The lowest BCUT2D eigenvalue weighted by molar-refractivity contribution is -0.124. The van der Waals surface area contributed by atoms with Crippen molar-refractivity contribution in [2.75, 3.05) is 11.9 Å². The van der Waals surface area contributed by atoms with E-state index in [0.29, 0.717) is 29.7 Å². The fourth-order valence-corrected chi connectivity index (χ4v) is 4.11. The van der Waals surface area contributed by atoms with Crippen LogP contribution in [0.25, 0.3) is 0 Å². The molecule has 2 aliphatic rings. The molecular formula is C23H27F2N3O3. The zero-order chi connectivity index (χ0) is 22.0. The molecule has 31 heavy (non-hydrogen) atoms. The van der Waals surface area contributed by atoms with Gasteiger partial charge in [0.1, 0.15) is 11.6 Å². The molecular weight excluding hydrogens is 404 g/mol. The first-order chi connectivity index (χ1) is 14.8. The summed E-state index contributed by atoms with van der Waals surface area (Å²) in [6.45, 7) is 2.45. The third-order valence-corrected chi connectivity index (χ3v) is 6.40. The van der Waals surface area contributed by atoms with Gasteiger partial charge in [0.2, 0.25) is 11.5 Å². The highest BCUT2D eigenvalue weighted by Crippen LogP contribution is 2.48. The van der Waals surface area contributed by atoms with Crippen LogP contribution < -0.4 is 15.6 Å². The Kier molecular flexibility index (Phi) is 6.07. The largest absolute Gasteiger partial charge is 0.492 e. The molecule has 2 saturated carbocycles. The van der Waals surface area contributed by atoms with Crippen LogP contribution in [0.3, 0.4) is 0 Å². The van der Waals surface area contributed by atoms with Crippen molar-refractivity contribution < 1.29 is 18.3 Å². The van der Waals surface area contributed by atoms with Crippen molar-refractivity contribution in [2.24, 2.45) is 17.8 Å². The van der Waals surface area contributed by atoms with Crippen molar-refractivity contribution >= 4 is 11.7 Å². The van der Waals surface area contributed by atoms with E-state index in [1.54, 1.807) is 25.3 Å². The normalized spacial score (nSPS) is 23.7. The second-order valence-electron chi connectivity index (χ2n) is 8.75. The maximum Gasteiger partial charge on any atom is 0.254 e. The smallest absolute Gasteiger partial charge is 0.254 e. The summed E-state index contributed by atoms with van der Waals surface area (Å²) in [6, 6.07) is 6.16. The number of anilines is 1. The number of hydrogen-bond acceptors (Lipinski definition) is 4. The fourth-order valence-electron chi connectivity index (χ4n) is 4.11. The van der Waals surface area contributed by atoms with Crippen molar-refractivity contribution in [3.05, 3.63) is 52.6 Å².